The van der Waals surface area contributed by atoms with Crippen LogP contribution in [0.15, 0.2) is 36.4 Å². The van der Waals surface area contributed by atoms with Gasteiger partial charge >= 0.3 is 0 Å². The summed E-state index contributed by atoms with van der Waals surface area (Å²) >= 11 is 0. The van der Waals surface area contributed by atoms with E-state index in [-0.39, 0.29) is 24.0 Å². The van der Waals surface area contributed by atoms with Crippen molar-refractivity contribution in [1.29, 1.82) is 0 Å². The third-order valence-corrected chi connectivity index (χ3v) is 2.95. The molecule has 2 rings (SSSR count). The molecule has 1 heterocycles. The maximum Gasteiger partial charge on any atom is 0.238 e. The summed E-state index contributed by atoms with van der Waals surface area (Å²) in [7, 11) is 4.20. The molecule has 0 atom stereocenters. The summed E-state index contributed by atoms with van der Waals surface area (Å²) in [6.45, 7) is 2.18. The van der Waals surface area contributed by atoms with E-state index in [1.165, 1.54) is 17.0 Å². The summed E-state index contributed by atoms with van der Waals surface area (Å²) < 4.78 is 4.39. The van der Waals surface area contributed by atoms with E-state index < -0.39 is 0 Å². The molecule has 0 aliphatic rings. The van der Waals surface area contributed by atoms with Crippen molar-refractivity contribution in [2.75, 3.05) is 0 Å². The van der Waals surface area contributed by atoms with Gasteiger partial charge in [-0.25, -0.2) is 0 Å². The lowest BCUT2D eigenvalue weighted by Gasteiger charge is -1.96. The van der Waals surface area contributed by atoms with Crippen LogP contribution in [0.4, 0.5) is 0 Å². The molecule has 0 aliphatic carbocycles. The molecule has 1 aromatic carbocycles. The van der Waals surface area contributed by atoms with Crippen molar-refractivity contribution < 1.29 is 28.7 Å². The van der Waals surface area contributed by atoms with Crippen molar-refractivity contribution in [2.24, 2.45) is 14.1 Å². The Hall–Kier alpha value is -0.840. The van der Waals surface area contributed by atoms with Crippen molar-refractivity contribution in [3.63, 3.8) is 0 Å². The zero-order valence-corrected chi connectivity index (χ0v) is 12.1. The molecule has 3 heteroatoms. The first kappa shape index (κ1) is 13.2. The van der Waals surface area contributed by atoms with Crippen molar-refractivity contribution in [2.45, 2.75) is 13.3 Å². The molecule has 0 fully saturated rings. The number of benzene rings is 1. The van der Waals surface area contributed by atoms with Crippen molar-refractivity contribution in [3.8, 4) is 11.3 Å². The molecule has 2 aromatic rings. The SMILES string of the molecule is CCc1cc(-c2ccccc2)[n+](C)n1C.[I-]. The van der Waals surface area contributed by atoms with Crippen molar-refractivity contribution in [3.05, 3.63) is 42.1 Å². The van der Waals surface area contributed by atoms with Gasteiger partial charge < -0.3 is 24.0 Å². The maximum absolute atomic E-state index is 2.26. The molecule has 86 valence electrons. The largest absolute Gasteiger partial charge is 1.00 e. The molecule has 0 amide bonds. The first-order valence-electron chi connectivity index (χ1n) is 5.34. The molecule has 0 saturated carbocycles. The fourth-order valence-corrected chi connectivity index (χ4v) is 1.91. The predicted octanol–water partition coefficient (Wildman–Crippen LogP) is -0.917. The summed E-state index contributed by atoms with van der Waals surface area (Å²) in [5.74, 6) is 0. The van der Waals surface area contributed by atoms with E-state index in [0.717, 1.165) is 6.42 Å². The van der Waals surface area contributed by atoms with E-state index in [1.54, 1.807) is 0 Å². The molecule has 2 nitrogen and oxygen atoms in total. The van der Waals surface area contributed by atoms with Gasteiger partial charge in [0.25, 0.3) is 0 Å². The van der Waals surface area contributed by atoms with Crippen LogP contribution in [0.1, 0.15) is 12.6 Å². The minimum absolute atomic E-state index is 0. The van der Waals surface area contributed by atoms with Crippen LogP contribution in [0.2, 0.25) is 0 Å². The highest BCUT2D eigenvalue weighted by atomic mass is 127. The van der Waals surface area contributed by atoms with E-state index in [9.17, 15) is 0 Å². The number of nitrogens with zero attached hydrogens (tertiary/aromatic N) is 2. The highest BCUT2D eigenvalue weighted by Gasteiger charge is 2.16. The van der Waals surface area contributed by atoms with E-state index in [4.69, 9.17) is 0 Å². The topological polar surface area (TPSA) is 8.81 Å². The van der Waals surface area contributed by atoms with Gasteiger partial charge in [0.1, 0.15) is 0 Å². The molecular formula is C13H17IN2. The molecule has 0 radical (unpaired) electrons. The summed E-state index contributed by atoms with van der Waals surface area (Å²) in [4.78, 5) is 0. The summed E-state index contributed by atoms with van der Waals surface area (Å²) in [5.41, 5.74) is 3.90. The minimum atomic E-state index is 0. The second kappa shape index (κ2) is 5.48. The van der Waals surface area contributed by atoms with Gasteiger partial charge in [0.15, 0.2) is 7.05 Å². The molecule has 0 bridgehead atoms. The Morgan fingerprint density at radius 2 is 1.81 bits per heavy atom. The quantitative estimate of drug-likeness (QED) is 0.498. The predicted molar refractivity (Wildman–Crippen MR) is 61.4 cm³/mol. The van der Waals surface area contributed by atoms with Gasteiger partial charge in [-0.05, 0) is 18.6 Å². The molecule has 0 unspecified atom stereocenters. The van der Waals surface area contributed by atoms with Crippen LogP contribution in [0.5, 0.6) is 0 Å². The Bertz CT molecular complexity index is 460. The van der Waals surface area contributed by atoms with Gasteiger partial charge in [-0.1, -0.05) is 25.1 Å². The van der Waals surface area contributed by atoms with E-state index >= 15 is 0 Å². The van der Waals surface area contributed by atoms with Crippen LogP contribution >= 0.6 is 0 Å². The average Bonchev–Trinajstić information content (AvgIpc) is 2.57. The van der Waals surface area contributed by atoms with Crippen LogP contribution in [-0.2, 0) is 20.5 Å². The Morgan fingerprint density at radius 1 is 1.19 bits per heavy atom. The second-order valence-corrected chi connectivity index (χ2v) is 3.79. The molecule has 16 heavy (non-hydrogen) atoms. The molecule has 0 aliphatic heterocycles. The second-order valence-electron chi connectivity index (χ2n) is 3.79. The van der Waals surface area contributed by atoms with Gasteiger partial charge in [-0.3, -0.25) is 0 Å². The Balaban J connectivity index is 0.00000128. The van der Waals surface area contributed by atoms with E-state index in [0.29, 0.717) is 0 Å². The fraction of sp³-hybridized carbons (Fsp3) is 0.308. The van der Waals surface area contributed by atoms with Crippen LogP contribution in [0.3, 0.4) is 0 Å². The Kier molecular flexibility index (Phi) is 4.53. The number of hydrogen-bond acceptors (Lipinski definition) is 0. The molecular weight excluding hydrogens is 311 g/mol. The maximum atomic E-state index is 2.26. The van der Waals surface area contributed by atoms with Crippen LogP contribution in [0.25, 0.3) is 11.3 Å². The number of hydrogen-bond donors (Lipinski definition) is 0. The number of rotatable bonds is 2. The Labute approximate surface area is 114 Å². The summed E-state index contributed by atoms with van der Waals surface area (Å²) in [5, 5.41) is 0. The van der Waals surface area contributed by atoms with E-state index in [1.807, 2.05) is 6.07 Å². The van der Waals surface area contributed by atoms with Gasteiger partial charge in [0.05, 0.1) is 12.7 Å². The fourth-order valence-electron chi connectivity index (χ4n) is 1.91. The van der Waals surface area contributed by atoms with Gasteiger partial charge in [-0.15, -0.1) is 4.68 Å². The monoisotopic (exact) mass is 328 g/mol. The van der Waals surface area contributed by atoms with Crippen LogP contribution < -0.4 is 28.7 Å². The lowest BCUT2D eigenvalue weighted by atomic mass is 10.1. The average molecular weight is 328 g/mol. The summed E-state index contributed by atoms with van der Waals surface area (Å²) in [6, 6.07) is 12.8. The van der Waals surface area contributed by atoms with E-state index in [2.05, 4.69) is 60.7 Å². The lowest BCUT2D eigenvalue weighted by molar-refractivity contribution is -0.741. The molecule has 1 aromatic heterocycles. The lowest BCUT2D eigenvalue weighted by Crippen LogP contribution is -3.00. The first-order valence-corrected chi connectivity index (χ1v) is 5.34. The smallest absolute Gasteiger partial charge is 0.238 e. The normalized spacial score (nSPS) is 9.94. The third kappa shape index (κ3) is 2.29. The molecule has 0 spiro atoms. The number of halogens is 1. The number of aryl methyl sites for hydroxylation is 1. The van der Waals surface area contributed by atoms with Crippen molar-refractivity contribution >= 4 is 0 Å². The first-order chi connectivity index (χ1) is 7.24. The zero-order chi connectivity index (χ0) is 10.8. The number of aromatic nitrogens is 2. The Morgan fingerprint density at radius 3 is 2.31 bits per heavy atom. The standard InChI is InChI=1S/C13H17N2.HI/c1-4-12-10-13(15(3)14(12)2)11-8-6-5-7-9-11;/h5-10H,4H2,1-3H3;1H/q+1;/p-1. The van der Waals surface area contributed by atoms with Gasteiger partial charge in [0.2, 0.25) is 5.69 Å². The van der Waals surface area contributed by atoms with Crippen LogP contribution in [-0.4, -0.2) is 4.68 Å². The van der Waals surface area contributed by atoms with Crippen molar-refractivity contribution in [1.82, 2.24) is 4.68 Å². The highest BCUT2D eigenvalue weighted by molar-refractivity contribution is 5.56. The molecule has 0 saturated heterocycles. The summed E-state index contributed by atoms with van der Waals surface area (Å²) in [6.07, 6.45) is 1.07. The van der Waals surface area contributed by atoms with Gasteiger partial charge in [0, 0.05) is 11.6 Å². The van der Waals surface area contributed by atoms with Crippen LogP contribution in [0, 0.1) is 0 Å². The molecule has 0 N–H and O–H groups in total. The minimum Gasteiger partial charge on any atom is -1.00 e. The third-order valence-electron chi connectivity index (χ3n) is 2.95. The highest BCUT2D eigenvalue weighted by Crippen LogP contribution is 2.16. The zero-order valence-electron chi connectivity index (χ0n) is 9.94. The van der Waals surface area contributed by atoms with Gasteiger partial charge in [-0.2, -0.15) is 4.68 Å².